The lowest BCUT2D eigenvalue weighted by Gasteiger charge is -2.30. The number of pyridine rings is 1. The van der Waals surface area contributed by atoms with Crippen LogP contribution in [-0.2, 0) is 0 Å². The highest BCUT2D eigenvalue weighted by Gasteiger charge is 2.26. The first-order valence-corrected chi connectivity index (χ1v) is 10.2. The van der Waals surface area contributed by atoms with Gasteiger partial charge in [-0.3, -0.25) is 9.59 Å². The topological polar surface area (TPSA) is 83.0 Å². The fourth-order valence-corrected chi connectivity index (χ4v) is 3.80. The Morgan fingerprint density at radius 3 is 2.67 bits per heavy atom. The molecule has 1 saturated heterocycles. The fourth-order valence-electron chi connectivity index (χ4n) is 3.80. The molecule has 1 aromatic carbocycles. The Bertz CT molecular complexity index is 1010. The highest BCUT2D eigenvalue weighted by Crippen LogP contribution is 2.37. The van der Waals surface area contributed by atoms with Crippen molar-refractivity contribution in [2.24, 2.45) is 0 Å². The highest BCUT2D eigenvalue weighted by atomic mass is 16.5. The van der Waals surface area contributed by atoms with Crippen molar-refractivity contribution in [2.75, 3.05) is 31.1 Å². The minimum absolute atomic E-state index is 0.0276. The maximum absolute atomic E-state index is 12.7. The first-order valence-electron chi connectivity index (χ1n) is 10.2. The molecule has 1 fully saturated rings. The van der Waals surface area contributed by atoms with Crippen molar-refractivity contribution < 1.29 is 19.4 Å². The van der Waals surface area contributed by atoms with Crippen molar-refractivity contribution in [3.63, 3.8) is 0 Å². The molecule has 1 aromatic heterocycles. The van der Waals surface area contributed by atoms with E-state index in [-0.39, 0.29) is 23.0 Å². The molecule has 2 aliphatic rings. The van der Waals surface area contributed by atoms with Crippen LogP contribution in [0, 0.1) is 0 Å². The van der Waals surface area contributed by atoms with Crippen LogP contribution in [0.3, 0.4) is 0 Å². The van der Waals surface area contributed by atoms with E-state index in [1.165, 1.54) is 0 Å². The van der Waals surface area contributed by atoms with Gasteiger partial charge in [0.2, 0.25) is 0 Å². The van der Waals surface area contributed by atoms with Crippen LogP contribution in [0.2, 0.25) is 0 Å². The standard InChI is InChI=1S/C23H25N3O4/c1-3-15(2)21(28)18-7-6-17(13-19(18)27)26-10-11-30-20-12-16(14-24-22(20)26)23(29)25-8-4-5-9-25/h6-7,12-14,27H,2-5,8-11H2,1H3. The zero-order valence-electron chi connectivity index (χ0n) is 17.1. The average Bonchev–Trinajstić information content (AvgIpc) is 3.31. The van der Waals surface area contributed by atoms with Gasteiger partial charge in [0.25, 0.3) is 5.91 Å². The molecule has 1 amide bonds. The number of hydrogen-bond acceptors (Lipinski definition) is 6. The minimum atomic E-state index is -0.257. The lowest BCUT2D eigenvalue weighted by molar-refractivity contribution is 0.0791. The number of allylic oxidation sites excluding steroid dienone is 1. The van der Waals surface area contributed by atoms with Crippen molar-refractivity contribution >= 4 is 23.2 Å². The van der Waals surface area contributed by atoms with Gasteiger partial charge in [0, 0.05) is 31.0 Å². The summed E-state index contributed by atoms with van der Waals surface area (Å²) in [6, 6.07) is 6.67. The molecule has 3 heterocycles. The number of phenolic OH excluding ortho intramolecular Hbond substituents is 1. The van der Waals surface area contributed by atoms with Crippen LogP contribution in [0.1, 0.15) is 46.9 Å². The van der Waals surface area contributed by atoms with Crippen LogP contribution in [0.4, 0.5) is 11.5 Å². The summed E-state index contributed by atoms with van der Waals surface area (Å²) >= 11 is 0. The number of fused-ring (bicyclic) bond motifs is 1. The first-order chi connectivity index (χ1) is 14.5. The molecule has 2 aliphatic heterocycles. The van der Waals surface area contributed by atoms with Crippen molar-refractivity contribution in [1.82, 2.24) is 9.88 Å². The van der Waals surface area contributed by atoms with E-state index in [2.05, 4.69) is 11.6 Å². The van der Waals surface area contributed by atoms with Crippen LogP contribution in [-0.4, -0.2) is 52.9 Å². The van der Waals surface area contributed by atoms with Crippen molar-refractivity contribution in [2.45, 2.75) is 26.2 Å². The normalized spacial score (nSPS) is 15.5. The van der Waals surface area contributed by atoms with Crippen molar-refractivity contribution in [3.05, 3.63) is 53.7 Å². The molecule has 30 heavy (non-hydrogen) atoms. The van der Waals surface area contributed by atoms with Gasteiger partial charge in [-0.05, 0) is 43.0 Å². The lowest BCUT2D eigenvalue weighted by atomic mass is 10.0. The van der Waals surface area contributed by atoms with Crippen LogP contribution in [0.25, 0.3) is 0 Å². The molecule has 4 rings (SSSR count). The van der Waals surface area contributed by atoms with Crippen molar-refractivity contribution in [3.8, 4) is 11.5 Å². The van der Waals surface area contributed by atoms with Gasteiger partial charge in [-0.15, -0.1) is 0 Å². The van der Waals surface area contributed by atoms with Gasteiger partial charge in [-0.25, -0.2) is 4.98 Å². The second-order valence-corrected chi connectivity index (χ2v) is 7.53. The second kappa shape index (κ2) is 8.18. The summed E-state index contributed by atoms with van der Waals surface area (Å²) in [5, 5.41) is 10.4. The molecule has 2 aromatic rings. The number of Topliss-reactive ketones (excluding diaryl/α,β-unsaturated/α-hetero) is 1. The van der Waals surface area contributed by atoms with Gasteiger partial charge >= 0.3 is 0 Å². The van der Waals surface area contributed by atoms with Gasteiger partial charge in [0.05, 0.1) is 17.7 Å². The third kappa shape index (κ3) is 3.63. The van der Waals surface area contributed by atoms with Crippen molar-refractivity contribution in [1.29, 1.82) is 0 Å². The number of aromatic hydroxyl groups is 1. The molecule has 7 heteroatoms. The van der Waals surface area contributed by atoms with Gasteiger partial charge in [-0.1, -0.05) is 13.5 Å². The molecule has 0 atom stereocenters. The molecule has 0 unspecified atom stereocenters. The van der Waals surface area contributed by atoms with E-state index in [9.17, 15) is 14.7 Å². The Balaban J connectivity index is 1.61. The van der Waals surface area contributed by atoms with E-state index >= 15 is 0 Å². The largest absolute Gasteiger partial charge is 0.507 e. The van der Waals surface area contributed by atoms with E-state index in [4.69, 9.17) is 4.74 Å². The monoisotopic (exact) mass is 407 g/mol. The van der Waals surface area contributed by atoms with Gasteiger partial charge in [-0.2, -0.15) is 0 Å². The number of anilines is 2. The molecule has 0 saturated carbocycles. The van der Waals surface area contributed by atoms with E-state index in [1.54, 1.807) is 30.5 Å². The van der Waals surface area contributed by atoms with Gasteiger partial charge in [0.1, 0.15) is 12.4 Å². The number of carbonyl (C=O) groups excluding carboxylic acids is 2. The number of phenols is 1. The third-order valence-corrected chi connectivity index (χ3v) is 5.59. The van der Waals surface area contributed by atoms with Crippen LogP contribution in [0.5, 0.6) is 11.5 Å². The number of benzene rings is 1. The highest BCUT2D eigenvalue weighted by molar-refractivity contribution is 6.10. The van der Waals surface area contributed by atoms with E-state index in [1.807, 2.05) is 16.7 Å². The van der Waals surface area contributed by atoms with Gasteiger partial charge < -0.3 is 19.6 Å². The number of likely N-dealkylation sites (tertiary alicyclic amines) is 1. The van der Waals surface area contributed by atoms with Crippen LogP contribution < -0.4 is 9.64 Å². The number of rotatable bonds is 5. The molecule has 0 radical (unpaired) electrons. The fraction of sp³-hybridized carbons (Fsp3) is 0.348. The Labute approximate surface area is 175 Å². The number of nitrogens with zero attached hydrogens (tertiary/aromatic N) is 3. The average molecular weight is 407 g/mol. The summed E-state index contributed by atoms with van der Waals surface area (Å²) in [5.41, 5.74) is 1.89. The van der Waals surface area contributed by atoms with E-state index in [0.717, 1.165) is 25.9 Å². The number of carbonyl (C=O) groups is 2. The second-order valence-electron chi connectivity index (χ2n) is 7.53. The van der Waals surface area contributed by atoms with Crippen LogP contribution >= 0.6 is 0 Å². The lowest BCUT2D eigenvalue weighted by Crippen LogP contribution is -2.31. The van der Waals surface area contributed by atoms with Crippen LogP contribution in [0.15, 0.2) is 42.6 Å². The summed E-state index contributed by atoms with van der Waals surface area (Å²) in [6.07, 6.45) is 4.16. The maximum atomic E-state index is 12.7. The number of amides is 1. The van der Waals surface area contributed by atoms with Gasteiger partial charge in [0.15, 0.2) is 17.4 Å². The Morgan fingerprint density at radius 1 is 1.20 bits per heavy atom. The molecule has 7 nitrogen and oxygen atoms in total. The number of ketones is 1. The third-order valence-electron chi connectivity index (χ3n) is 5.59. The quantitative estimate of drug-likeness (QED) is 0.601. The summed E-state index contributed by atoms with van der Waals surface area (Å²) in [7, 11) is 0. The predicted molar refractivity (Wildman–Crippen MR) is 114 cm³/mol. The number of aromatic nitrogens is 1. The van der Waals surface area contributed by atoms with E-state index < -0.39 is 0 Å². The zero-order chi connectivity index (χ0) is 21.3. The molecular weight excluding hydrogens is 382 g/mol. The molecule has 0 bridgehead atoms. The molecule has 1 N–H and O–H groups in total. The molecule has 0 aliphatic carbocycles. The zero-order valence-corrected chi connectivity index (χ0v) is 17.1. The first kappa shape index (κ1) is 19.9. The molecule has 0 spiro atoms. The Hall–Kier alpha value is -3.35. The SMILES string of the molecule is C=C(CC)C(=O)c1ccc(N2CCOc3cc(C(=O)N4CCCC4)cnc32)cc1O. The molecule has 156 valence electrons. The van der Waals surface area contributed by atoms with E-state index in [0.29, 0.717) is 48.0 Å². The Morgan fingerprint density at radius 2 is 1.97 bits per heavy atom. The predicted octanol–water partition coefficient (Wildman–Crippen LogP) is 3.70. The summed E-state index contributed by atoms with van der Waals surface area (Å²) in [4.78, 5) is 33.2. The Kier molecular flexibility index (Phi) is 5.44. The number of hydrogen-bond donors (Lipinski definition) is 1. The summed E-state index contributed by atoms with van der Waals surface area (Å²) in [6.45, 7) is 8.11. The molecular formula is C23H25N3O4. The minimum Gasteiger partial charge on any atom is -0.507 e. The smallest absolute Gasteiger partial charge is 0.255 e. The summed E-state index contributed by atoms with van der Waals surface area (Å²) < 4.78 is 5.76. The summed E-state index contributed by atoms with van der Waals surface area (Å²) in [5.74, 6) is 0.731. The maximum Gasteiger partial charge on any atom is 0.255 e. The number of ether oxygens (including phenoxy) is 1.